The zero-order chi connectivity index (χ0) is 11.1. The summed E-state index contributed by atoms with van der Waals surface area (Å²) in [6, 6.07) is 2.48. The van der Waals surface area contributed by atoms with Gasteiger partial charge in [0.2, 0.25) is 0 Å². The number of hydrogen-bond acceptors (Lipinski definition) is 3. The predicted octanol–water partition coefficient (Wildman–Crippen LogP) is 1.02. The van der Waals surface area contributed by atoms with Crippen molar-refractivity contribution in [3.63, 3.8) is 0 Å². The molecule has 0 spiro atoms. The van der Waals surface area contributed by atoms with Crippen LogP contribution in [0.25, 0.3) is 0 Å². The number of rotatable bonds is 1. The minimum absolute atomic E-state index is 0.0489. The highest BCUT2D eigenvalue weighted by Crippen LogP contribution is 2.25. The SMILES string of the molecule is Cc1ccoc1C(=O)N1CCC2NCC2C1. The molecule has 0 radical (unpaired) electrons. The number of piperidine rings is 1. The minimum Gasteiger partial charge on any atom is -0.459 e. The first-order chi connectivity index (χ1) is 7.75. The first-order valence-corrected chi connectivity index (χ1v) is 5.82. The maximum atomic E-state index is 12.2. The van der Waals surface area contributed by atoms with Crippen LogP contribution in [0.15, 0.2) is 16.7 Å². The van der Waals surface area contributed by atoms with Gasteiger partial charge in [0, 0.05) is 37.2 Å². The van der Waals surface area contributed by atoms with Crippen molar-refractivity contribution in [1.82, 2.24) is 10.2 Å². The van der Waals surface area contributed by atoms with Gasteiger partial charge in [-0.25, -0.2) is 0 Å². The van der Waals surface area contributed by atoms with Gasteiger partial charge < -0.3 is 14.6 Å². The Morgan fingerprint density at radius 1 is 1.62 bits per heavy atom. The third-order valence-corrected chi connectivity index (χ3v) is 3.72. The molecule has 3 rings (SSSR count). The van der Waals surface area contributed by atoms with Gasteiger partial charge in [-0.15, -0.1) is 0 Å². The number of aryl methyl sites for hydroxylation is 1. The molecule has 2 unspecified atom stereocenters. The maximum Gasteiger partial charge on any atom is 0.289 e. The fourth-order valence-corrected chi connectivity index (χ4v) is 2.57. The van der Waals surface area contributed by atoms with E-state index in [9.17, 15) is 4.79 Å². The molecule has 0 aliphatic carbocycles. The van der Waals surface area contributed by atoms with Crippen molar-refractivity contribution < 1.29 is 9.21 Å². The van der Waals surface area contributed by atoms with E-state index < -0.39 is 0 Å². The van der Waals surface area contributed by atoms with E-state index in [0.717, 1.165) is 31.6 Å². The van der Waals surface area contributed by atoms with Crippen molar-refractivity contribution in [3.8, 4) is 0 Å². The van der Waals surface area contributed by atoms with Crippen molar-refractivity contribution in [3.05, 3.63) is 23.7 Å². The smallest absolute Gasteiger partial charge is 0.289 e. The lowest BCUT2D eigenvalue weighted by molar-refractivity contribution is 0.0480. The second-order valence-corrected chi connectivity index (χ2v) is 4.75. The first kappa shape index (κ1) is 9.90. The highest BCUT2D eigenvalue weighted by Gasteiger charge is 2.37. The molecule has 2 aliphatic heterocycles. The van der Waals surface area contributed by atoms with Crippen LogP contribution in [0.4, 0.5) is 0 Å². The fourth-order valence-electron chi connectivity index (χ4n) is 2.57. The van der Waals surface area contributed by atoms with Crippen molar-refractivity contribution >= 4 is 5.91 Å². The lowest BCUT2D eigenvalue weighted by atomic mass is 9.85. The number of fused-ring (bicyclic) bond motifs is 1. The van der Waals surface area contributed by atoms with E-state index in [1.54, 1.807) is 6.26 Å². The second kappa shape index (κ2) is 3.63. The number of carbonyl (C=O) groups is 1. The molecule has 16 heavy (non-hydrogen) atoms. The Hall–Kier alpha value is -1.29. The van der Waals surface area contributed by atoms with Gasteiger partial charge in [-0.1, -0.05) is 0 Å². The number of amides is 1. The molecule has 3 heterocycles. The van der Waals surface area contributed by atoms with Gasteiger partial charge in [0.25, 0.3) is 5.91 Å². The van der Waals surface area contributed by atoms with Gasteiger partial charge in [-0.3, -0.25) is 4.79 Å². The van der Waals surface area contributed by atoms with Crippen LogP contribution in [0.1, 0.15) is 22.5 Å². The van der Waals surface area contributed by atoms with E-state index in [-0.39, 0.29) is 5.91 Å². The number of likely N-dealkylation sites (tertiary alicyclic amines) is 1. The number of furan rings is 1. The molecule has 4 heteroatoms. The molecule has 1 amide bonds. The van der Waals surface area contributed by atoms with E-state index >= 15 is 0 Å². The summed E-state index contributed by atoms with van der Waals surface area (Å²) < 4.78 is 5.25. The summed E-state index contributed by atoms with van der Waals surface area (Å²) in [5, 5.41) is 3.39. The average Bonchev–Trinajstić information content (AvgIpc) is 2.65. The van der Waals surface area contributed by atoms with Crippen LogP contribution in [0.3, 0.4) is 0 Å². The highest BCUT2D eigenvalue weighted by molar-refractivity contribution is 5.92. The van der Waals surface area contributed by atoms with Gasteiger partial charge in [0.15, 0.2) is 5.76 Å². The van der Waals surface area contributed by atoms with Crippen molar-refractivity contribution in [2.24, 2.45) is 5.92 Å². The number of hydrogen-bond donors (Lipinski definition) is 1. The Balaban J connectivity index is 1.73. The van der Waals surface area contributed by atoms with Crippen LogP contribution in [0.5, 0.6) is 0 Å². The van der Waals surface area contributed by atoms with E-state index in [0.29, 0.717) is 17.7 Å². The molecule has 1 aromatic heterocycles. The molecule has 0 aromatic carbocycles. The Bertz CT molecular complexity index is 413. The molecule has 86 valence electrons. The van der Waals surface area contributed by atoms with Crippen LogP contribution in [0, 0.1) is 12.8 Å². The molecule has 2 atom stereocenters. The Kier molecular flexibility index (Phi) is 2.24. The van der Waals surface area contributed by atoms with Crippen molar-refractivity contribution in [1.29, 1.82) is 0 Å². The first-order valence-electron chi connectivity index (χ1n) is 5.82. The third-order valence-electron chi connectivity index (χ3n) is 3.72. The van der Waals surface area contributed by atoms with E-state index in [4.69, 9.17) is 4.42 Å². The topological polar surface area (TPSA) is 45.5 Å². The zero-order valence-corrected chi connectivity index (χ0v) is 9.40. The molecular formula is C12H16N2O2. The normalized spacial score (nSPS) is 28.4. The Morgan fingerprint density at radius 3 is 3.06 bits per heavy atom. The monoisotopic (exact) mass is 220 g/mol. The zero-order valence-electron chi connectivity index (χ0n) is 9.40. The van der Waals surface area contributed by atoms with E-state index in [1.807, 2.05) is 17.9 Å². The van der Waals surface area contributed by atoms with E-state index in [2.05, 4.69) is 5.32 Å². The lowest BCUT2D eigenvalue weighted by Gasteiger charge is -2.46. The molecule has 1 N–H and O–H groups in total. The average molecular weight is 220 g/mol. The molecule has 1 aromatic rings. The Labute approximate surface area is 94.6 Å². The van der Waals surface area contributed by atoms with Crippen LogP contribution >= 0.6 is 0 Å². The van der Waals surface area contributed by atoms with Crippen molar-refractivity contribution in [2.75, 3.05) is 19.6 Å². The summed E-state index contributed by atoms with van der Waals surface area (Å²) in [6.07, 6.45) is 2.65. The lowest BCUT2D eigenvalue weighted by Crippen LogP contribution is -2.62. The molecule has 0 bridgehead atoms. The third kappa shape index (κ3) is 1.45. The van der Waals surface area contributed by atoms with E-state index in [1.165, 1.54) is 0 Å². The maximum absolute atomic E-state index is 12.2. The second-order valence-electron chi connectivity index (χ2n) is 4.75. The van der Waals surface area contributed by atoms with Crippen LogP contribution in [0.2, 0.25) is 0 Å². The highest BCUT2D eigenvalue weighted by atomic mass is 16.3. The fraction of sp³-hybridized carbons (Fsp3) is 0.583. The largest absolute Gasteiger partial charge is 0.459 e. The number of carbonyl (C=O) groups excluding carboxylic acids is 1. The minimum atomic E-state index is 0.0489. The number of nitrogens with zero attached hydrogens (tertiary/aromatic N) is 1. The summed E-state index contributed by atoms with van der Waals surface area (Å²) in [5.74, 6) is 1.20. The van der Waals surface area contributed by atoms with Gasteiger partial charge in [-0.2, -0.15) is 0 Å². The molecule has 2 aliphatic rings. The molecular weight excluding hydrogens is 204 g/mol. The standard InChI is InChI=1S/C12H16N2O2/c1-8-3-5-16-11(8)12(15)14-4-2-10-9(7-14)6-13-10/h3,5,9-10,13H,2,4,6-7H2,1H3. The number of nitrogens with one attached hydrogen (secondary N) is 1. The van der Waals surface area contributed by atoms with Crippen LogP contribution < -0.4 is 5.32 Å². The molecule has 4 nitrogen and oxygen atoms in total. The molecule has 0 saturated carbocycles. The molecule has 2 saturated heterocycles. The Morgan fingerprint density at radius 2 is 2.50 bits per heavy atom. The van der Waals surface area contributed by atoms with Gasteiger partial charge >= 0.3 is 0 Å². The summed E-state index contributed by atoms with van der Waals surface area (Å²) in [7, 11) is 0. The summed E-state index contributed by atoms with van der Waals surface area (Å²) in [4.78, 5) is 14.1. The summed E-state index contributed by atoms with van der Waals surface area (Å²) >= 11 is 0. The van der Waals surface area contributed by atoms with Gasteiger partial charge in [0.1, 0.15) is 0 Å². The molecule has 2 fully saturated rings. The van der Waals surface area contributed by atoms with Crippen molar-refractivity contribution in [2.45, 2.75) is 19.4 Å². The van der Waals surface area contributed by atoms with Gasteiger partial charge in [-0.05, 0) is 19.4 Å². The predicted molar refractivity (Wildman–Crippen MR) is 59.2 cm³/mol. The van der Waals surface area contributed by atoms with Crippen LogP contribution in [-0.2, 0) is 0 Å². The quantitative estimate of drug-likeness (QED) is 0.768. The van der Waals surface area contributed by atoms with Crippen LogP contribution in [-0.4, -0.2) is 36.5 Å². The summed E-state index contributed by atoms with van der Waals surface area (Å²) in [6.45, 7) is 4.67. The van der Waals surface area contributed by atoms with Gasteiger partial charge in [0.05, 0.1) is 6.26 Å². The summed E-state index contributed by atoms with van der Waals surface area (Å²) in [5.41, 5.74) is 0.929.